The van der Waals surface area contributed by atoms with Crippen LogP contribution >= 0.6 is 0 Å². The maximum atomic E-state index is 7.00. The number of benzene rings is 2. The van der Waals surface area contributed by atoms with Gasteiger partial charge in [0.1, 0.15) is 0 Å². The molecule has 0 radical (unpaired) electrons. The van der Waals surface area contributed by atoms with E-state index in [4.69, 9.17) is 5.11 Å². The van der Waals surface area contributed by atoms with Crippen molar-refractivity contribution < 1.29 is 5.11 Å². The van der Waals surface area contributed by atoms with Crippen molar-refractivity contribution in [3.8, 4) is 0 Å². The molecule has 0 saturated heterocycles. The van der Waals surface area contributed by atoms with Gasteiger partial charge in [-0.1, -0.05) is 85.8 Å². The zero-order valence-corrected chi connectivity index (χ0v) is 13.6. The highest BCUT2D eigenvalue weighted by Gasteiger charge is 2.31. The maximum absolute atomic E-state index is 7.00. The molecule has 116 valence electrons. The van der Waals surface area contributed by atoms with E-state index in [1.807, 2.05) is 0 Å². The van der Waals surface area contributed by atoms with Crippen molar-refractivity contribution >= 4 is 5.57 Å². The van der Waals surface area contributed by atoms with Crippen LogP contribution < -0.4 is 0 Å². The lowest BCUT2D eigenvalue weighted by Crippen LogP contribution is -2.19. The number of hydrogen-bond acceptors (Lipinski definition) is 1. The topological polar surface area (TPSA) is 20.2 Å². The Morgan fingerprint density at radius 3 is 2.30 bits per heavy atom. The van der Waals surface area contributed by atoms with Gasteiger partial charge in [-0.3, -0.25) is 0 Å². The molecule has 0 aromatic heterocycles. The number of aliphatic hydroxyl groups excluding tert-OH is 1. The second kappa shape index (κ2) is 6.80. The number of rotatable bonds is 1. The summed E-state index contributed by atoms with van der Waals surface area (Å²) in [6.07, 6.45) is 8.98. The Kier molecular flexibility index (Phi) is 4.59. The minimum absolute atomic E-state index is 0.486. The summed E-state index contributed by atoms with van der Waals surface area (Å²) in [4.78, 5) is 0. The van der Waals surface area contributed by atoms with Crippen LogP contribution in [0, 0.1) is 5.92 Å². The molecule has 0 spiro atoms. The molecule has 2 atom stereocenters. The van der Waals surface area contributed by atoms with E-state index in [9.17, 15) is 0 Å². The molecule has 0 fully saturated rings. The Bertz CT molecular complexity index is 766. The van der Waals surface area contributed by atoms with E-state index in [2.05, 4.69) is 85.8 Å². The number of allylic oxidation sites excluding steroid dienone is 5. The van der Waals surface area contributed by atoms with Crippen LogP contribution in [0.2, 0.25) is 0 Å². The molecule has 23 heavy (non-hydrogen) atoms. The van der Waals surface area contributed by atoms with Gasteiger partial charge in [0.2, 0.25) is 0 Å². The van der Waals surface area contributed by atoms with Crippen LogP contribution in [0.3, 0.4) is 0 Å². The lowest BCUT2D eigenvalue weighted by molar-refractivity contribution is 0.399. The second-order valence-corrected chi connectivity index (χ2v) is 5.84. The third kappa shape index (κ3) is 2.69. The SMILES string of the molecule is CC1c2ccccc2C(c2ccccc2)=C2C=CC=CC21.CO. The van der Waals surface area contributed by atoms with Crippen LogP contribution in [0.4, 0.5) is 0 Å². The Labute approximate surface area is 138 Å². The molecule has 1 nitrogen and oxygen atoms in total. The second-order valence-electron chi connectivity index (χ2n) is 5.84. The van der Waals surface area contributed by atoms with Crippen molar-refractivity contribution in [3.63, 3.8) is 0 Å². The van der Waals surface area contributed by atoms with Crippen molar-refractivity contribution in [2.75, 3.05) is 7.11 Å². The molecule has 0 bridgehead atoms. The van der Waals surface area contributed by atoms with Gasteiger partial charge in [0.25, 0.3) is 0 Å². The van der Waals surface area contributed by atoms with Crippen molar-refractivity contribution in [2.45, 2.75) is 12.8 Å². The van der Waals surface area contributed by atoms with Crippen LogP contribution in [0.25, 0.3) is 5.57 Å². The Hall–Kier alpha value is -2.38. The highest BCUT2D eigenvalue weighted by molar-refractivity contribution is 5.87. The summed E-state index contributed by atoms with van der Waals surface area (Å²) in [6.45, 7) is 2.34. The van der Waals surface area contributed by atoms with E-state index in [0.29, 0.717) is 11.8 Å². The van der Waals surface area contributed by atoms with Crippen molar-refractivity contribution in [1.82, 2.24) is 0 Å². The molecule has 1 N–H and O–H groups in total. The zero-order chi connectivity index (χ0) is 16.2. The van der Waals surface area contributed by atoms with Gasteiger partial charge in [0, 0.05) is 13.0 Å². The predicted octanol–water partition coefficient (Wildman–Crippen LogP) is 4.96. The average Bonchev–Trinajstić information content (AvgIpc) is 2.65. The predicted molar refractivity (Wildman–Crippen MR) is 97.2 cm³/mol. The summed E-state index contributed by atoms with van der Waals surface area (Å²) in [5.41, 5.74) is 7.02. The normalized spacial score (nSPS) is 21.2. The Balaban J connectivity index is 0.000000753. The average molecular weight is 302 g/mol. The molecule has 2 aliphatic carbocycles. The van der Waals surface area contributed by atoms with Gasteiger partial charge < -0.3 is 5.11 Å². The van der Waals surface area contributed by atoms with E-state index in [0.717, 1.165) is 7.11 Å². The van der Waals surface area contributed by atoms with Gasteiger partial charge in [-0.15, -0.1) is 0 Å². The van der Waals surface area contributed by atoms with Crippen LogP contribution in [0.15, 0.2) is 84.5 Å². The van der Waals surface area contributed by atoms with Gasteiger partial charge in [0.15, 0.2) is 0 Å². The minimum Gasteiger partial charge on any atom is -0.400 e. The summed E-state index contributed by atoms with van der Waals surface area (Å²) >= 11 is 0. The highest BCUT2D eigenvalue weighted by Crippen LogP contribution is 2.46. The first-order valence-corrected chi connectivity index (χ1v) is 8.05. The standard InChI is InChI=1S/C21H18.CH4O/c1-15-17-11-5-7-13-19(17)21(16-9-3-2-4-10-16)20-14-8-6-12-18(15)20;1-2/h2-15,17H,1H3;2H,1H3. The number of aliphatic hydroxyl groups is 1. The first kappa shape index (κ1) is 15.5. The van der Waals surface area contributed by atoms with E-state index < -0.39 is 0 Å². The molecule has 1 heteroatoms. The van der Waals surface area contributed by atoms with E-state index in [-0.39, 0.29) is 0 Å². The molecule has 2 aromatic rings. The molecular formula is C22H22O. The monoisotopic (exact) mass is 302 g/mol. The van der Waals surface area contributed by atoms with Crippen molar-refractivity contribution in [3.05, 3.63) is 101 Å². The quantitative estimate of drug-likeness (QED) is 0.789. The molecule has 2 aliphatic rings. The fourth-order valence-electron chi connectivity index (χ4n) is 3.64. The summed E-state index contributed by atoms with van der Waals surface area (Å²) in [7, 11) is 1.00. The molecule has 0 amide bonds. The molecule has 0 heterocycles. The summed E-state index contributed by atoms with van der Waals surface area (Å²) in [5, 5.41) is 7.00. The van der Waals surface area contributed by atoms with Gasteiger partial charge in [-0.2, -0.15) is 0 Å². The summed E-state index contributed by atoms with van der Waals surface area (Å²) in [5.74, 6) is 1.02. The minimum atomic E-state index is 0.486. The highest BCUT2D eigenvalue weighted by atomic mass is 16.2. The smallest absolute Gasteiger partial charge is 0.0319 e. The van der Waals surface area contributed by atoms with Crippen LogP contribution in [-0.4, -0.2) is 12.2 Å². The van der Waals surface area contributed by atoms with Crippen molar-refractivity contribution in [2.24, 2.45) is 5.92 Å². The lowest BCUT2D eigenvalue weighted by Gasteiger charge is -2.34. The first-order chi connectivity index (χ1) is 11.4. The van der Waals surface area contributed by atoms with Crippen LogP contribution in [0.1, 0.15) is 29.5 Å². The van der Waals surface area contributed by atoms with E-state index >= 15 is 0 Å². The molecule has 2 unspecified atom stereocenters. The zero-order valence-electron chi connectivity index (χ0n) is 13.6. The van der Waals surface area contributed by atoms with Gasteiger partial charge in [0.05, 0.1) is 0 Å². The molecule has 2 aromatic carbocycles. The fraction of sp³-hybridized carbons (Fsp3) is 0.182. The third-order valence-corrected chi connectivity index (χ3v) is 4.67. The number of hydrogen-bond donors (Lipinski definition) is 1. The van der Waals surface area contributed by atoms with E-state index in [1.165, 1.54) is 27.8 Å². The summed E-state index contributed by atoms with van der Waals surface area (Å²) < 4.78 is 0. The molecule has 4 rings (SSSR count). The Morgan fingerprint density at radius 1 is 0.826 bits per heavy atom. The van der Waals surface area contributed by atoms with E-state index in [1.54, 1.807) is 0 Å². The largest absolute Gasteiger partial charge is 0.400 e. The van der Waals surface area contributed by atoms with Gasteiger partial charge >= 0.3 is 0 Å². The molecule has 0 saturated carbocycles. The first-order valence-electron chi connectivity index (χ1n) is 8.05. The lowest BCUT2D eigenvalue weighted by atomic mass is 9.69. The maximum Gasteiger partial charge on any atom is 0.0319 e. The molecule has 0 aliphatic heterocycles. The fourth-order valence-corrected chi connectivity index (χ4v) is 3.64. The van der Waals surface area contributed by atoms with Gasteiger partial charge in [-0.05, 0) is 33.8 Å². The third-order valence-electron chi connectivity index (χ3n) is 4.67. The molecular weight excluding hydrogens is 280 g/mol. The van der Waals surface area contributed by atoms with Gasteiger partial charge in [-0.25, -0.2) is 0 Å². The Morgan fingerprint density at radius 2 is 1.52 bits per heavy atom. The number of fused-ring (bicyclic) bond motifs is 2. The van der Waals surface area contributed by atoms with Crippen LogP contribution in [-0.2, 0) is 0 Å². The van der Waals surface area contributed by atoms with Crippen molar-refractivity contribution in [1.29, 1.82) is 0 Å². The van der Waals surface area contributed by atoms with Crippen LogP contribution in [0.5, 0.6) is 0 Å². The summed E-state index contributed by atoms with van der Waals surface area (Å²) in [6, 6.07) is 19.6.